The number of nitrogens with one attached hydrogen (secondary N) is 1. The molecule has 2 aliphatic rings. The summed E-state index contributed by atoms with van der Waals surface area (Å²) >= 11 is 0. The van der Waals surface area contributed by atoms with Gasteiger partial charge in [0.1, 0.15) is 24.5 Å². The van der Waals surface area contributed by atoms with Crippen molar-refractivity contribution in [3.05, 3.63) is 48.2 Å². The monoisotopic (exact) mass is 511 g/mol. The van der Waals surface area contributed by atoms with Crippen LogP contribution in [0.1, 0.15) is 32.7 Å². The molecule has 3 aromatic rings. The summed E-state index contributed by atoms with van der Waals surface area (Å²) in [5.74, 6) is 0.0625. The van der Waals surface area contributed by atoms with Gasteiger partial charge in [0.25, 0.3) is 0 Å². The maximum absolute atomic E-state index is 13.7. The topological polar surface area (TPSA) is 112 Å². The lowest BCUT2D eigenvalue weighted by Gasteiger charge is -2.46. The minimum absolute atomic E-state index is 0.100. The van der Waals surface area contributed by atoms with Crippen molar-refractivity contribution in [2.45, 2.75) is 45.1 Å². The lowest BCUT2D eigenvalue weighted by Crippen LogP contribution is -2.57. The van der Waals surface area contributed by atoms with E-state index >= 15 is 0 Å². The summed E-state index contributed by atoms with van der Waals surface area (Å²) < 4.78 is 36.8. The fourth-order valence-electron chi connectivity index (χ4n) is 4.76. The summed E-state index contributed by atoms with van der Waals surface area (Å²) in [7, 11) is 0. The van der Waals surface area contributed by atoms with Gasteiger partial charge in [0.15, 0.2) is 0 Å². The summed E-state index contributed by atoms with van der Waals surface area (Å²) in [6, 6.07) is 7.58. The number of benzene rings is 1. The molecule has 0 aliphatic carbocycles. The van der Waals surface area contributed by atoms with E-state index in [1.165, 1.54) is 12.1 Å². The number of nitrogens with zero attached hydrogens (tertiary/aromatic N) is 4. The Morgan fingerprint density at radius 3 is 2.59 bits per heavy atom. The highest BCUT2D eigenvalue weighted by atomic mass is 19.1. The van der Waals surface area contributed by atoms with Crippen LogP contribution in [0, 0.1) is 11.7 Å². The van der Waals surface area contributed by atoms with Gasteiger partial charge in [0, 0.05) is 17.7 Å². The molecule has 10 nitrogen and oxygen atoms in total. The van der Waals surface area contributed by atoms with Gasteiger partial charge in [0.2, 0.25) is 6.41 Å². The third-order valence-corrected chi connectivity index (χ3v) is 6.46. The van der Waals surface area contributed by atoms with Crippen molar-refractivity contribution in [3.8, 4) is 28.7 Å². The Labute approximate surface area is 214 Å². The molecular formula is C26H30FN5O5. The molecule has 2 fully saturated rings. The molecule has 5 rings (SSSR count). The summed E-state index contributed by atoms with van der Waals surface area (Å²) in [6.07, 6.45) is 1.79. The molecule has 0 saturated carbocycles. The predicted molar refractivity (Wildman–Crippen MR) is 131 cm³/mol. The number of hydrogen-bond acceptors (Lipinski definition) is 8. The molecule has 3 unspecified atom stereocenters. The first kappa shape index (κ1) is 25.2. The molecule has 196 valence electrons. The van der Waals surface area contributed by atoms with E-state index in [1.54, 1.807) is 29.3 Å². The van der Waals surface area contributed by atoms with Crippen molar-refractivity contribution >= 4 is 6.41 Å². The first-order valence-electron chi connectivity index (χ1n) is 12.3. The average molecular weight is 512 g/mol. The van der Waals surface area contributed by atoms with E-state index in [0.29, 0.717) is 48.3 Å². The van der Waals surface area contributed by atoms with Gasteiger partial charge in [0.05, 0.1) is 55.1 Å². The number of halogens is 1. The first-order valence-corrected chi connectivity index (χ1v) is 12.3. The number of carbonyl (C=O) groups is 1. The molecule has 37 heavy (non-hydrogen) atoms. The summed E-state index contributed by atoms with van der Waals surface area (Å²) in [6.45, 7) is 7.16. The van der Waals surface area contributed by atoms with Gasteiger partial charge in [-0.3, -0.25) is 4.79 Å². The summed E-state index contributed by atoms with van der Waals surface area (Å²) in [5, 5.41) is 0. The second-order valence-corrected chi connectivity index (χ2v) is 9.51. The van der Waals surface area contributed by atoms with Gasteiger partial charge >= 0.3 is 6.01 Å². The highest BCUT2D eigenvalue weighted by Crippen LogP contribution is 2.38. The van der Waals surface area contributed by atoms with E-state index < -0.39 is 6.10 Å². The van der Waals surface area contributed by atoms with Crippen LogP contribution in [-0.4, -0.2) is 76.0 Å². The zero-order valence-corrected chi connectivity index (χ0v) is 21.0. The molecule has 1 aromatic carbocycles. The summed E-state index contributed by atoms with van der Waals surface area (Å²) in [5.41, 5.74) is 2.42. The van der Waals surface area contributed by atoms with Gasteiger partial charge < -0.3 is 28.8 Å². The number of aromatic nitrogens is 4. The number of amides is 1. The zero-order chi connectivity index (χ0) is 25.9. The number of aromatic amines is 1. The third-order valence-electron chi connectivity index (χ3n) is 6.46. The molecule has 0 radical (unpaired) electrons. The second-order valence-electron chi connectivity index (χ2n) is 9.51. The van der Waals surface area contributed by atoms with Gasteiger partial charge in [-0.15, -0.1) is 0 Å². The quantitative estimate of drug-likeness (QED) is 0.481. The van der Waals surface area contributed by atoms with E-state index in [4.69, 9.17) is 23.9 Å². The van der Waals surface area contributed by atoms with Crippen molar-refractivity contribution in [1.29, 1.82) is 0 Å². The highest BCUT2D eigenvalue weighted by molar-refractivity contribution is 5.76. The largest absolute Gasteiger partial charge is 0.461 e. The molecule has 1 amide bonds. The Morgan fingerprint density at radius 2 is 1.89 bits per heavy atom. The molecular weight excluding hydrogens is 481 g/mol. The van der Waals surface area contributed by atoms with Crippen LogP contribution in [0.25, 0.3) is 22.6 Å². The minimum Gasteiger partial charge on any atom is -0.461 e. The fraction of sp³-hybridized carbons (Fsp3) is 0.462. The Balaban J connectivity index is 1.60. The molecule has 0 spiro atoms. The second kappa shape index (κ2) is 10.9. The zero-order valence-electron chi connectivity index (χ0n) is 21.0. The Morgan fingerprint density at radius 1 is 1.14 bits per heavy atom. The number of morpholine rings is 1. The predicted octanol–water partition coefficient (Wildman–Crippen LogP) is 3.37. The maximum atomic E-state index is 13.7. The average Bonchev–Trinajstić information content (AvgIpc) is 3.34. The Hall–Kier alpha value is -3.41. The van der Waals surface area contributed by atoms with Crippen LogP contribution in [0.2, 0.25) is 0 Å². The first-order chi connectivity index (χ1) is 17.9. The molecule has 2 saturated heterocycles. The number of carbonyl (C=O) groups excluding carboxylic acids is 1. The van der Waals surface area contributed by atoms with Crippen molar-refractivity contribution in [3.63, 3.8) is 0 Å². The van der Waals surface area contributed by atoms with E-state index in [0.717, 1.165) is 6.41 Å². The molecule has 1 N–H and O–H groups in total. The normalized spacial score (nSPS) is 22.8. The lowest BCUT2D eigenvalue weighted by molar-refractivity contribution is -0.184. The molecule has 0 bridgehead atoms. The minimum atomic E-state index is -0.571. The number of hydrogen-bond donors (Lipinski definition) is 1. The van der Waals surface area contributed by atoms with Gasteiger partial charge in [-0.1, -0.05) is 0 Å². The SMILES string of the molecule is CC(C)Oc1nccc(-c2[nH]c(C3OCC(C)N(C=O)C3C3COCOC3)nc2-c2ccc(F)cc2)n1. The van der Waals surface area contributed by atoms with Gasteiger partial charge in [-0.2, -0.15) is 4.98 Å². The van der Waals surface area contributed by atoms with Crippen molar-refractivity contribution in [1.82, 2.24) is 24.8 Å². The van der Waals surface area contributed by atoms with E-state index in [-0.39, 0.29) is 42.7 Å². The Bertz CT molecular complexity index is 1210. The number of rotatable bonds is 7. The van der Waals surface area contributed by atoms with Crippen molar-refractivity contribution in [2.24, 2.45) is 5.92 Å². The molecule has 2 aromatic heterocycles. The van der Waals surface area contributed by atoms with Gasteiger partial charge in [-0.25, -0.2) is 14.4 Å². The van der Waals surface area contributed by atoms with E-state index in [9.17, 15) is 9.18 Å². The summed E-state index contributed by atoms with van der Waals surface area (Å²) in [4.78, 5) is 31.0. The Kier molecular flexibility index (Phi) is 7.45. The smallest absolute Gasteiger partial charge is 0.317 e. The molecule has 11 heteroatoms. The van der Waals surface area contributed by atoms with Crippen LogP contribution >= 0.6 is 0 Å². The van der Waals surface area contributed by atoms with Crippen LogP contribution in [0.3, 0.4) is 0 Å². The molecule has 4 heterocycles. The van der Waals surface area contributed by atoms with E-state index in [1.807, 2.05) is 20.8 Å². The standard InChI is InChI=1S/C26H30FN5O5/c1-15(2)37-26-28-9-8-20(29-26)22-21(17-4-6-19(27)7-5-17)30-25(31-22)24-23(18-11-34-14-35-12-18)32(13-33)16(3)10-36-24/h4-9,13,15-16,18,23-24H,10-12,14H2,1-3H3,(H,30,31). The number of ether oxygens (including phenoxy) is 4. The van der Waals surface area contributed by atoms with Crippen LogP contribution in [0.5, 0.6) is 6.01 Å². The lowest BCUT2D eigenvalue weighted by atomic mass is 9.91. The molecule has 2 aliphatic heterocycles. The van der Waals surface area contributed by atoms with Crippen molar-refractivity contribution < 1.29 is 28.1 Å². The van der Waals surface area contributed by atoms with Crippen molar-refractivity contribution in [2.75, 3.05) is 26.6 Å². The van der Waals surface area contributed by atoms with Crippen LogP contribution in [0.4, 0.5) is 4.39 Å². The van der Waals surface area contributed by atoms with E-state index in [2.05, 4.69) is 15.0 Å². The van der Waals surface area contributed by atoms with Crippen LogP contribution < -0.4 is 4.74 Å². The molecule has 3 atom stereocenters. The fourth-order valence-corrected chi connectivity index (χ4v) is 4.76. The highest BCUT2D eigenvalue weighted by Gasteiger charge is 2.44. The maximum Gasteiger partial charge on any atom is 0.317 e. The number of imidazole rings is 1. The van der Waals surface area contributed by atoms with Gasteiger partial charge in [-0.05, 0) is 51.1 Å². The van der Waals surface area contributed by atoms with Crippen LogP contribution in [-0.2, 0) is 19.0 Å². The third kappa shape index (κ3) is 5.34. The number of H-pyrrole nitrogens is 1. The van der Waals surface area contributed by atoms with Crippen LogP contribution in [0.15, 0.2) is 36.5 Å².